The van der Waals surface area contributed by atoms with Crippen LogP contribution < -0.4 is 10.6 Å². The minimum atomic E-state index is -0.434. The number of halogens is 2. The van der Waals surface area contributed by atoms with Gasteiger partial charge in [-0.3, -0.25) is 4.90 Å². The monoisotopic (exact) mass is 471 g/mol. The Labute approximate surface area is 196 Å². The van der Waals surface area contributed by atoms with Crippen molar-refractivity contribution in [3.05, 3.63) is 41.1 Å². The van der Waals surface area contributed by atoms with Gasteiger partial charge in [0.25, 0.3) is 0 Å². The number of nitrogens with zero attached hydrogens (tertiary/aromatic N) is 7. The number of nitrogens with one attached hydrogen (secondary N) is 2. The number of hydrogen-bond acceptors (Lipinski definition) is 8. The average Bonchev–Trinajstić information content (AvgIpc) is 3.41. The summed E-state index contributed by atoms with van der Waals surface area (Å²) >= 11 is 6.43. The van der Waals surface area contributed by atoms with Gasteiger partial charge in [0.15, 0.2) is 11.6 Å². The van der Waals surface area contributed by atoms with Crippen LogP contribution in [0.25, 0.3) is 5.69 Å². The molecule has 0 amide bonds. The molecule has 2 N–H and O–H groups in total. The van der Waals surface area contributed by atoms with Crippen molar-refractivity contribution in [2.75, 3.05) is 17.2 Å². The van der Waals surface area contributed by atoms with Crippen LogP contribution in [0.4, 0.5) is 21.8 Å². The van der Waals surface area contributed by atoms with Gasteiger partial charge in [0.2, 0.25) is 5.95 Å². The van der Waals surface area contributed by atoms with E-state index in [9.17, 15) is 4.39 Å². The molecule has 0 aliphatic carbocycles. The molecule has 1 aromatic carbocycles. The number of hydrogen-bond donors (Lipinski definition) is 2. The number of rotatable bonds is 5. The summed E-state index contributed by atoms with van der Waals surface area (Å²) in [4.78, 5) is 11.5. The first-order valence-electron chi connectivity index (χ1n) is 11.2. The van der Waals surface area contributed by atoms with E-state index in [1.807, 2.05) is 0 Å². The van der Waals surface area contributed by atoms with E-state index in [4.69, 9.17) is 11.6 Å². The zero-order valence-corrected chi connectivity index (χ0v) is 19.6. The Hall–Kier alpha value is -2.85. The highest BCUT2D eigenvalue weighted by Gasteiger charge is 2.43. The summed E-state index contributed by atoms with van der Waals surface area (Å²) in [5.74, 6) is 1.01. The summed E-state index contributed by atoms with van der Waals surface area (Å²) in [6.07, 6.45) is 6.15. The van der Waals surface area contributed by atoms with Crippen LogP contribution in [-0.2, 0) is 0 Å². The minimum absolute atomic E-state index is 0.135. The molecule has 2 aliphatic heterocycles. The van der Waals surface area contributed by atoms with Crippen LogP contribution in [-0.4, -0.2) is 59.2 Å². The van der Waals surface area contributed by atoms with Crippen LogP contribution >= 0.6 is 11.6 Å². The molecule has 2 aromatic heterocycles. The zero-order chi connectivity index (χ0) is 23.2. The molecule has 0 saturated carbocycles. The Morgan fingerprint density at radius 1 is 1.27 bits per heavy atom. The standard InChI is InChI=1S/C22H27ClFN9/c1-13-29-30-31-33(13)19-10-14(6-7-18(19)24)27-21-25-12-17(23)20(28-21)26-15-9-16-5-4-8-32(16)22(2,3)11-15/h6-7,10,12,15-16H,4-5,8-9,11H2,1-3H3,(H2,25,26,27,28). The largest absolute Gasteiger partial charge is 0.366 e. The lowest BCUT2D eigenvalue weighted by molar-refractivity contribution is 0.0501. The molecule has 0 radical (unpaired) electrons. The molecule has 2 unspecified atom stereocenters. The minimum Gasteiger partial charge on any atom is -0.366 e. The summed E-state index contributed by atoms with van der Waals surface area (Å²) in [7, 11) is 0. The summed E-state index contributed by atoms with van der Waals surface area (Å²) in [5, 5.41) is 18.4. The van der Waals surface area contributed by atoms with Crippen LogP contribution in [0.2, 0.25) is 5.02 Å². The molecule has 2 atom stereocenters. The lowest BCUT2D eigenvalue weighted by Crippen LogP contribution is -2.55. The maximum absolute atomic E-state index is 14.4. The zero-order valence-electron chi connectivity index (χ0n) is 18.9. The molecule has 2 aliphatic rings. The van der Waals surface area contributed by atoms with Gasteiger partial charge >= 0.3 is 0 Å². The van der Waals surface area contributed by atoms with Crippen molar-refractivity contribution < 1.29 is 4.39 Å². The van der Waals surface area contributed by atoms with Crippen LogP contribution in [0.3, 0.4) is 0 Å². The molecule has 33 heavy (non-hydrogen) atoms. The molecule has 9 nitrogen and oxygen atoms in total. The molecular weight excluding hydrogens is 445 g/mol. The smallest absolute Gasteiger partial charge is 0.229 e. The summed E-state index contributed by atoms with van der Waals surface area (Å²) in [6.45, 7) is 7.51. The quantitative estimate of drug-likeness (QED) is 0.573. The highest BCUT2D eigenvalue weighted by atomic mass is 35.5. The van der Waals surface area contributed by atoms with E-state index < -0.39 is 5.82 Å². The van der Waals surface area contributed by atoms with Crippen LogP contribution in [0.1, 0.15) is 45.4 Å². The Balaban J connectivity index is 1.35. The van der Waals surface area contributed by atoms with Gasteiger partial charge in [-0.25, -0.2) is 9.37 Å². The molecule has 11 heteroatoms. The van der Waals surface area contributed by atoms with E-state index in [0.717, 1.165) is 12.8 Å². The molecule has 0 spiro atoms. The third-order valence-corrected chi connectivity index (χ3v) is 6.87. The fraction of sp³-hybridized carbons (Fsp3) is 0.500. The number of piperidine rings is 1. The first-order chi connectivity index (χ1) is 15.8. The van der Waals surface area contributed by atoms with E-state index >= 15 is 0 Å². The van der Waals surface area contributed by atoms with Crippen molar-refractivity contribution in [1.82, 2.24) is 35.1 Å². The van der Waals surface area contributed by atoms with Crippen molar-refractivity contribution in [3.63, 3.8) is 0 Å². The highest BCUT2D eigenvalue weighted by Crippen LogP contribution is 2.39. The molecule has 4 heterocycles. The Kier molecular flexibility index (Phi) is 5.65. The van der Waals surface area contributed by atoms with Gasteiger partial charge in [-0.15, -0.1) is 5.10 Å². The number of benzene rings is 1. The predicted octanol–water partition coefficient (Wildman–Crippen LogP) is 4.11. The molecule has 2 fully saturated rings. The Morgan fingerprint density at radius 2 is 2.12 bits per heavy atom. The maximum atomic E-state index is 14.4. The van der Waals surface area contributed by atoms with Crippen LogP contribution in [0.15, 0.2) is 24.4 Å². The SMILES string of the molecule is Cc1nnnn1-c1cc(Nc2ncc(Cl)c(NC3CC4CCCN4C(C)(C)C3)n2)ccc1F. The fourth-order valence-corrected chi connectivity index (χ4v) is 5.32. The van der Waals surface area contributed by atoms with E-state index in [1.54, 1.807) is 25.3 Å². The molecule has 2 saturated heterocycles. The number of tetrazole rings is 1. The summed E-state index contributed by atoms with van der Waals surface area (Å²) < 4.78 is 15.7. The van der Waals surface area contributed by atoms with Gasteiger partial charge in [0.05, 0.1) is 6.20 Å². The second kappa shape index (κ2) is 8.49. The average molecular weight is 472 g/mol. The van der Waals surface area contributed by atoms with Crippen molar-refractivity contribution in [2.24, 2.45) is 0 Å². The number of aryl methyl sites for hydroxylation is 1. The summed E-state index contributed by atoms with van der Waals surface area (Å²) in [6, 6.07) is 5.45. The Bertz CT molecular complexity index is 1160. The van der Waals surface area contributed by atoms with Gasteiger partial charge in [-0.2, -0.15) is 9.67 Å². The van der Waals surface area contributed by atoms with Crippen molar-refractivity contribution in [2.45, 2.75) is 64.1 Å². The van der Waals surface area contributed by atoms with E-state index in [0.29, 0.717) is 34.3 Å². The van der Waals surface area contributed by atoms with Crippen molar-refractivity contribution in [1.29, 1.82) is 0 Å². The number of aromatic nitrogens is 6. The molecule has 3 aromatic rings. The van der Waals surface area contributed by atoms with Crippen molar-refractivity contribution >= 4 is 29.1 Å². The first-order valence-corrected chi connectivity index (χ1v) is 11.6. The van der Waals surface area contributed by atoms with E-state index in [-0.39, 0.29) is 17.3 Å². The second-order valence-electron chi connectivity index (χ2n) is 9.40. The predicted molar refractivity (Wildman–Crippen MR) is 125 cm³/mol. The topological polar surface area (TPSA) is 96.7 Å². The Morgan fingerprint density at radius 3 is 2.91 bits per heavy atom. The first kappa shape index (κ1) is 22.0. The normalized spacial score (nSPS) is 22.2. The van der Waals surface area contributed by atoms with Crippen molar-refractivity contribution in [3.8, 4) is 5.69 Å². The summed E-state index contributed by atoms with van der Waals surface area (Å²) in [5.41, 5.74) is 0.978. The van der Waals surface area contributed by atoms with Gasteiger partial charge in [-0.05, 0) is 81.6 Å². The van der Waals surface area contributed by atoms with Crippen LogP contribution in [0, 0.1) is 12.7 Å². The van der Waals surface area contributed by atoms with E-state index in [2.05, 4.69) is 54.9 Å². The fourth-order valence-electron chi connectivity index (χ4n) is 5.18. The lowest BCUT2D eigenvalue weighted by atomic mass is 9.84. The number of anilines is 3. The second-order valence-corrected chi connectivity index (χ2v) is 9.81. The van der Waals surface area contributed by atoms with Gasteiger partial charge < -0.3 is 10.6 Å². The van der Waals surface area contributed by atoms with Crippen LogP contribution in [0.5, 0.6) is 0 Å². The molecule has 0 bridgehead atoms. The molecular formula is C22H27ClFN9. The van der Waals surface area contributed by atoms with Gasteiger partial charge in [0.1, 0.15) is 16.5 Å². The maximum Gasteiger partial charge on any atom is 0.229 e. The third kappa shape index (κ3) is 4.37. The third-order valence-electron chi connectivity index (χ3n) is 6.60. The lowest BCUT2D eigenvalue weighted by Gasteiger charge is -2.47. The number of fused-ring (bicyclic) bond motifs is 1. The molecule has 174 valence electrons. The van der Waals surface area contributed by atoms with Gasteiger partial charge in [0, 0.05) is 23.3 Å². The van der Waals surface area contributed by atoms with Gasteiger partial charge in [-0.1, -0.05) is 11.6 Å². The highest BCUT2D eigenvalue weighted by molar-refractivity contribution is 6.32. The molecule has 5 rings (SSSR count). The van der Waals surface area contributed by atoms with E-state index in [1.165, 1.54) is 30.1 Å².